The lowest BCUT2D eigenvalue weighted by atomic mass is 9.68. The molecule has 0 atom stereocenters. The van der Waals surface area contributed by atoms with Crippen LogP contribution in [0.1, 0.15) is 19.3 Å². The average Bonchev–Trinajstić information content (AvgIpc) is 2.32. The molecule has 0 heterocycles. The molecular formula is C13H16Br2N2O2. The molecule has 19 heavy (non-hydrogen) atoms. The van der Waals surface area contributed by atoms with Crippen LogP contribution in [0.15, 0.2) is 21.1 Å². The van der Waals surface area contributed by atoms with Gasteiger partial charge in [0.1, 0.15) is 5.75 Å². The van der Waals surface area contributed by atoms with E-state index < -0.39 is 0 Å². The SMILES string of the molecule is COc1cc(NC(=O)C2(CN)CCC2)c(Br)cc1Br. The first kappa shape index (κ1) is 14.8. The predicted molar refractivity (Wildman–Crippen MR) is 82.4 cm³/mol. The van der Waals surface area contributed by atoms with Crippen molar-refractivity contribution in [3.63, 3.8) is 0 Å². The van der Waals surface area contributed by atoms with E-state index in [0.717, 1.165) is 28.2 Å². The number of nitrogens with two attached hydrogens (primary N) is 1. The molecule has 1 fully saturated rings. The number of hydrogen-bond acceptors (Lipinski definition) is 3. The van der Waals surface area contributed by atoms with Gasteiger partial charge in [-0.1, -0.05) is 6.42 Å². The van der Waals surface area contributed by atoms with Gasteiger partial charge >= 0.3 is 0 Å². The van der Waals surface area contributed by atoms with Gasteiger partial charge in [-0.15, -0.1) is 0 Å². The normalized spacial score (nSPS) is 16.6. The molecule has 0 bridgehead atoms. The summed E-state index contributed by atoms with van der Waals surface area (Å²) in [6.07, 6.45) is 2.79. The summed E-state index contributed by atoms with van der Waals surface area (Å²) in [6.45, 7) is 0.393. The molecule has 0 radical (unpaired) electrons. The monoisotopic (exact) mass is 390 g/mol. The first-order chi connectivity index (χ1) is 9.02. The van der Waals surface area contributed by atoms with Gasteiger partial charge in [-0.25, -0.2) is 0 Å². The number of halogens is 2. The standard InChI is InChI=1S/C13H16Br2N2O2/c1-19-11-6-10(8(14)5-9(11)15)17-12(18)13(7-16)3-2-4-13/h5-6H,2-4,7,16H2,1H3,(H,17,18). The van der Waals surface area contributed by atoms with Gasteiger partial charge in [0, 0.05) is 17.1 Å². The van der Waals surface area contributed by atoms with Crippen LogP contribution in [0.25, 0.3) is 0 Å². The second-order valence-corrected chi connectivity index (χ2v) is 6.47. The van der Waals surface area contributed by atoms with Crippen molar-refractivity contribution in [2.75, 3.05) is 19.0 Å². The summed E-state index contributed by atoms with van der Waals surface area (Å²) >= 11 is 6.83. The van der Waals surface area contributed by atoms with Gasteiger partial charge in [0.15, 0.2) is 0 Å². The molecule has 0 aromatic heterocycles. The highest BCUT2D eigenvalue weighted by Gasteiger charge is 2.42. The van der Waals surface area contributed by atoms with E-state index in [2.05, 4.69) is 37.2 Å². The number of ether oxygens (including phenoxy) is 1. The summed E-state index contributed by atoms with van der Waals surface area (Å²) in [7, 11) is 1.59. The smallest absolute Gasteiger partial charge is 0.231 e. The highest BCUT2D eigenvalue weighted by atomic mass is 79.9. The Balaban J connectivity index is 2.21. The molecule has 1 aliphatic carbocycles. The Morgan fingerprint density at radius 1 is 1.42 bits per heavy atom. The molecule has 4 nitrogen and oxygen atoms in total. The molecule has 0 spiro atoms. The van der Waals surface area contributed by atoms with Crippen LogP contribution in [0, 0.1) is 5.41 Å². The first-order valence-corrected chi connectivity index (χ1v) is 7.65. The molecule has 1 amide bonds. The second kappa shape index (κ2) is 5.81. The van der Waals surface area contributed by atoms with E-state index in [1.54, 1.807) is 13.2 Å². The number of nitrogens with one attached hydrogen (secondary N) is 1. The van der Waals surface area contributed by atoms with Crippen LogP contribution in [0.3, 0.4) is 0 Å². The highest BCUT2D eigenvalue weighted by Crippen LogP contribution is 2.42. The van der Waals surface area contributed by atoms with E-state index in [4.69, 9.17) is 10.5 Å². The van der Waals surface area contributed by atoms with Crippen LogP contribution >= 0.6 is 31.9 Å². The van der Waals surface area contributed by atoms with Crippen LogP contribution in [0.4, 0.5) is 5.69 Å². The van der Waals surface area contributed by atoms with E-state index in [9.17, 15) is 4.79 Å². The summed E-state index contributed by atoms with van der Waals surface area (Å²) in [5, 5.41) is 2.94. The van der Waals surface area contributed by atoms with Crippen LogP contribution < -0.4 is 15.8 Å². The van der Waals surface area contributed by atoms with Gasteiger partial charge in [0.05, 0.1) is 22.7 Å². The number of amides is 1. The van der Waals surface area contributed by atoms with Crippen molar-refractivity contribution in [2.24, 2.45) is 11.1 Å². The molecule has 104 valence electrons. The second-order valence-electron chi connectivity index (χ2n) is 4.76. The van der Waals surface area contributed by atoms with Crippen molar-refractivity contribution < 1.29 is 9.53 Å². The number of anilines is 1. The molecule has 1 aliphatic rings. The topological polar surface area (TPSA) is 64.3 Å². The van der Waals surface area contributed by atoms with Gasteiger partial charge < -0.3 is 15.8 Å². The van der Waals surface area contributed by atoms with Crippen molar-refractivity contribution in [1.29, 1.82) is 0 Å². The summed E-state index contributed by atoms with van der Waals surface area (Å²) in [5.41, 5.74) is 6.05. The third-order valence-electron chi connectivity index (χ3n) is 3.67. The number of carbonyl (C=O) groups excluding carboxylic acids is 1. The van der Waals surface area contributed by atoms with Gasteiger partial charge in [-0.2, -0.15) is 0 Å². The molecule has 6 heteroatoms. The molecule has 0 unspecified atom stereocenters. The largest absolute Gasteiger partial charge is 0.495 e. The minimum atomic E-state index is -0.389. The minimum absolute atomic E-state index is 0.00803. The molecule has 1 saturated carbocycles. The quantitative estimate of drug-likeness (QED) is 0.827. The fraction of sp³-hybridized carbons (Fsp3) is 0.462. The van der Waals surface area contributed by atoms with Gasteiger partial charge in [-0.05, 0) is 50.8 Å². The number of rotatable bonds is 4. The minimum Gasteiger partial charge on any atom is -0.495 e. The molecule has 0 saturated heterocycles. The van der Waals surface area contributed by atoms with Crippen LogP contribution in [0.2, 0.25) is 0 Å². The summed E-state index contributed by atoms with van der Waals surface area (Å²) in [5.74, 6) is 0.667. The van der Waals surface area contributed by atoms with Crippen LogP contribution in [-0.2, 0) is 4.79 Å². The van der Waals surface area contributed by atoms with Gasteiger partial charge in [0.25, 0.3) is 0 Å². The molecule has 0 aliphatic heterocycles. The van der Waals surface area contributed by atoms with Crippen molar-refractivity contribution in [2.45, 2.75) is 19.3 Å². The number of hydrogen-bond donors (Lipinski definition) is 2. The first-order valence-electron chi connectivity index (χ1n) is 6.07. The third kappa shape index (κ3) is 2.80. The Morgan fingerprint density at radius 2 is 2.11 bits per heavy atom. The van der Waals surface area contributed by atoms with Crippen molar-refractivity contribution >= 4 is 43.5 Å². The lowest BCUT2D eigenvalue weighted by molar-refractivity contribution is -0.129. The lowest BCUT2D eigenvalue weighted by Crippen LogP contribution is -2.47. The van der Waals surface area contributed by atoms with E-state index in [1.165, 1.54) is 0 Å². The molecule has 2 rings (SSSR count). The predicted octanol–water partition coefficient (Wildman–Crippen LogP) is 3.29. The average molecular weight is 392 g/mol. The Kier molecular flexibility index (Phi) is 4.53. The molecule has 1 aromatic carbocycles. The maximum absolute atomic E-state index is 12.3. The zero-order chi connectivity index (χ0) is 14.0. The fourth-order valence-electron chi connectivity index (χ4n) is 2.16. The Labute approximate surface area is 129 Å². The summed E-state index contributed by atoms with van der Waals surface area (Å²) in [6, 6.07) is 3.64. The van der Waals surface area contributed by atoms with Crippen molar-refractivity contribution in [1.82, 2.24) is 0 Å². The Bertz CT molecular complexity index is 496. The lowest BCUT2D eigenvalue weighted by Gasteiger charge is -2.39. The van der Waals surface area contributed by atoms with Crippen LogP contribution in [-0.4, -0.2) is 19.6 Å². The van der Waals surface area contributed by atoms with Crippen molar-refractivity contribution in [3.05, 3.63) is 21.1 Å². The Morgan fingerprint density at radius 3 is 2.58 bits per heavy atom. The maximum atomic E-state index is 12.3. The molecule has 1 aromatic rings. The number of benzene rings is 1. The zero-order valence-electron chi connectivity index (χ0n) is 10.6. The summed E-state index contributed by atoms with van der Waals surface area (Å²) in [4.78, 5) is 12.3. The highest BCUT2D eigenvalue weighted by molar-refractivity contribution is 9.11. The van der Waals surface area contributed by atoms with Crippen LogP contribution in [0.5, 0.6) is 5.75 Å². The van der Waals surface area contributed by atoms with E-state index >= 15 is 0 Å². The van der Waals surface area contributed by atoms with Gasteiger partial charge in [-0.3, -0.25) is 4.79 Å². The zero-order valence-corrected chi connectivity index (χ0v) is 13.8. The van der Waals surface area contributed by atoms with Crippen molar-refractivity contribution in [3.8, 4) is 5.75 Å². The van der Waals surface area contributed by atoms with E-state index in [0.29, 0.717) is 18.0 Å². The summed E-state index contributed by atoms with van der Waals surface area (Å²) < 4.78 is 6.87. The van der Waals surface area contributed by atoms with Gasteiger partial charge in [0.2, 0.25) is 5.91 Å². The fourth-order valence-corrected chi connectivity index (χ4v) is 3.42. The van der Waals surface area contributed by atoms with E-state index in [-0.39, 0.29) is 11.3 Å². The Hall–Kier alpha value is -0.590. The number of carbonyl (C=O) groups is 1. The maximum Gasteiger partial charge on any atom is 0.231 e. The number of methoxy groups -OCH3 is 1. The third-order valence-corrected chi connectivity index (χ3v) is 4.95. The molecule has 3 N–H and O–H groups in total. The molecular weight excluding hydrogens is 376 g/mol. The van der Waals surface area contributed by atoms with E-state index in [1.807, 2.05) is 6.07 Å².